The zero-order valence-electron chi connectivity index (χ0n) is 20.2. The van der Waals surface area contributed by atoms with Gasteiger partial charge in [0.1, 0.15) is 15.6 Å². The summed E-state index contributed by atoms with van der Waals surface area (Å²) < 4.78 is 48.2. The number of hydrogen-bond acceptors (Lipinski definition) is 8. The summed E-state index contributed by atoms with van der Waals surface area (Å²) in [5.41, 5.74) is -0.114. The minimum absolute atomic E-state index is 0.0962. The molecule has 12 heteroatoms. The number of anilines is 1. The number of halogens is 3. The minimum Gasteiger partial charge on any atom is -0.404 e. The van der Waals surface area contributed by atoms with Crippen molar-refractivity contribution in [2.24, 2.45) is 0 Å². The Hall–Kier alpha value is -3.35. The van der Waals surface area contributed by atoms with E-state index in [0.717, 1.165) is 11.6 Å². The number of hydrogen-bond donors (Lipinski definition) is 1. The lowest BCUT2D eigenvalue weighted by atomic mass is 10.1. The van der Waals surface area contributed by atoms with Crippen LogP contribution in [0.4, 0.5) is 18.9 Å². The van der Waals surface area contributed by atoms with Gasteiger partial charge in [0, 0.05) is 24.8 Å². The van der Waals surface area contributed by atoms with Crippen LogP contribution in [0, 0.1) is 0 Å². The molecular formula is C25H25F3N4O4S. The maximum atomic E-state index is 13.1. The van der Waals surface area contributed by atoms with Crippen LogP contribution in [0.3, 0.4) is 0 Å². The average Bonchev–Trinajstić information content (AvgIpc) is 3.56. The van der Waals surface area contributed by atoms with Crippen LogP contribution in [0.25, 0.3) is 10.6 Å². The van der Waals surface area contributed by atoms with Crippen LogP contribution in [0.1, 0.15) is 28.2 Å². The number of nitrogens with zero attached hydrogens (tertiary/aromatic N) is 3. The molecule has 1 aliphatic carbocycles. The molecule has 8 nitrogen and oxygen atoms in total. The highest BCUT2D eigenvalue weighted by Crippen LogP contribution is 2.43. The lowest BCUT2D eigenvalue weighted by Gasteiger charge is -2.27. The molecule has 0 radical (unpaired) electrons. The van der Waals surface area contributed by atoms with E-state index in [1.165, 1.54) is 23.5 Å². The predicted octanol–water partition coefficient (Wildman–Crippen LogP) is 4.58. The molecule has 1 aromatic heterocycles. The largest absolute Gasteiger partial charge is 0.573 e. The average molecular weight is 535 g/mol. The Kier molecular flexibility index (Phi) is 7.90. The number of ketones is 1. The number of likely N-dealkylation sites (N-methyl/N-ethyl adjacent to an activating group) is 1. The van der Waals surface area contributed by atoms with Gasteiger partial charge in [-0.15, -0.1) is 23.4 Å². The summed E-state index contributed by atoms with van der Waals surface area (Å²) in [5, 5.41) is 11.8. The molecule has 1 amide bonds. The quantitative estimate of drug-likeness (QED) is 0.360. The number of Topliss-reactive ketones (excluding diaryl/α,β-unsaturated/α-hetero) is 1. The van der Waals surface area contributed by atoms with Gasteiger partial charge in [-0.2, -0.15) is 0 Å². The number of methoxy groups -OCH3 is 1. The van der Waals surface area contributed by atoms with Crippen molar-refractivity contribution in [2.75, 3.05) is 32.6 Å². The number of nitrogens with one attached hydrogen (secondary N) is 1. The van der Waals surface area contributed by atoms with Crippen molar-refractivity contribution in [3.05, 3.63) is 59.1 Å². The van der Waals surface area contributed by atoms with Crippen molar-refractivity contribution in [1.29, 1.82) is 0 Å². The van der Waals surface area contributed by atoms with Crippen LogP contribution in [0.5, 0.6) is 5.75 Å². The third-order valence-corrected chi connectivity index (χ3v) is 7.05. The first kappa shape index (κ1) is 26.7. The van der Waals surface area contributed by atoms with Gasteiger partial charge >= 0.3 is 6.36 Å². The van der Waals surface area contributed by atoms with Crippen molar-refractivity contribution < 1.29 is 32.2 Å². The zero-order chi connectivity index (χ0) is 26.6. The number of aromatic nitrogens is 2. The molecule has 37 heavy (non-hydrogen) atoms. The molecule has 0 atom stereocenters. The van der Waals surface area contributed by atoms with Crippen LogP contribution in [0.2, 0.25) is 0 Å². The Morgan fingerprint density at radius 1 is 1.14 bits per heavy atom. The van der Waals surface area contributed by atoms with E-state index in [1.807, 2.05) is 35.2 Å². The fourth-order valence-corrected chi connectivity index (χ4v) is 4.70. The molecule has 196 valence electrons. The Labute approximate surface area is 215 Å². The summed E-state index contributed by atoms with van der Waals surface area (Å²) in [5.74, 6) is -1.46. The first-order valence-electron chi connectivity index (χ1n) is 11.4. The van der Waals surface area contributed by atoms with Crippen molar-refractivity contribution in [3.63, 3.8) is 0 Å². The molecule has 1 heterocycles. The number of carbonyl (C=O) groups excluding carboxylic acids is 2. The molecule has 1 aliphatic rings. The molecule has 0 aliphatic heterocycles. The standard InChI is InChI=1S/C25H25F3N4O4S/c1-32(12-13-35-2)24(10-11-24)23(34)29-18-14-17(8-9-20(18)36-25(26,27)28)19(33)15-21-30-31-22(37-21)16-6-4-3-5-7-16/h3-9,14H,10-13,15H2,1-2H3,(H,29,34). The maximum absolute atomic E-state index is 13.1. The molecule has 4 rings (SSSR count). The second-order valence-electron chi connectivity index (χ2n) is 8.63. The summed E-state index contributed by atoms with van der Waals surface area (Å²) in [6.45, 7) is 0.872. The normalized spacial score (nSPS) is 14.4. The smallest absolute Gasteiger partial charge is 0.404 e. The van der Waals surface area contributed by atoms with E-state index in [1.54, 1.807) is 14.2 Å². The number of carbonyl (C=O) groups is 2. The third kappa shape index (κ3) is 6.51. The molecule has 0 saturated heterocycles. The zero-order valence-corrected chi connectivity index (χ0v) is 21.0. The van der Waals surface area contributed by atoms with Crippen molar-refractivity contribution >= 4 is 28.7 Å². The summed E-state index contributed by atoms with van der Waals surface area (Å²) in [6, 6.07) is 12.8. The van der Waals surface area contributed by atoms with Crippen molar-refractivity contribution in [3.8, 4) is 16.3 Å². The van der Waals surface area contributed by atoms with Gasteiger partial charge in [-0.05, 0) is 38.1 Å². The monoisotopic (exact) mass is 534 g/mol. The molecule has 3 aromatic rings. The Morgan fingerprint density at radius 2 is 1.86 bits per heavy atom. The van der Waals surface area contributed by atoms with Gasteiger partial charge in [-0.3, -0.25) is 14.5 Å². The second-order valence-corrected chi connectivity index (χ2v) is 9.69. The summed E-state index contributed by atoms with van der Waals surface area (Å²) >= 11 is 1.25. The molecule has 2 aromatic carbocycles. The van der Waals surface area contributed by atoms with E-state index in [-0.39, 0.29) is 23.5 Å². The summed E-state index contributed by atoms with van der Waals surface area (Å²) in [7, 11) is 3.30. The van der Waals surface area contributed by atoms with E-state index < -0.39 is 23.6 Å². The van der Waals surface area contributed by atoms with Crippen LogP contribution in [0.15, 0.2) is 48.5 Å². The Morgan fingerprint density at radius 3 is 2.51 bits per heavy atom. The lowest BCUT2D eigenvalue weighted by molar-refractivity contribution is -0.274. The Bertz CT molecular complexity index is 1260. The second kappa shape index (κ2) is 11.0. The molecule has 1 N–H and O–H groups in total. The highest BCUT2D eigenvalue weighted by molar-refractivity contribution is 7.14. The van der Waals surface area contributed by atoms with Gasteiger partial charge < -0.3 is 14.8 Å². The molecule has 0 spiro atoms. The van der Waals surface area contributed by atoms with E-state index >= 15 is 0 Å². The van der Waals surface area contributed by atoms with E-state index in [0.29, 0.717) is 36.0 Å². The molecule has 0 bridgehead atoms. The summed E-state index contributed by atoms with van der Waals surface area (Å²) in [4.78, 5) is 27.9. The molecule has 1 fully saturated rings. The number of rotatable bonds is 11. The number of alkyl halides is 3. The maximum Gasteiger partial charge on any atom is 0.573 e. The molecule has 1 saturated carbocycles. The van der Waals surface area contributed by atoms with Crippen LogP contribution in [-0.2, 0) is 16.0 Å². The molecular weight excluding hydrogens is 509 g/mol. The fraction of sp³-hybridized carbons (Fsp3) is 0.360. The van der Waals surface area contributed by atoms with Gasteiger partial charge in [0.15, 0.2) is 11.5 Å². The predicted molar refractivity (Wildman–Crippen MR) is 132 cm³/mol. The van der Waals surface area contributed by atoms with E-state index in [9.17, 15) is 22.8 Å². The van der Waals surface area contributed by atoms with Gasteiger partial charge in [0.25, 0.3) is 0 Å². The topological polar surface area (TPSA) is 93.7 Å². The van der Waals surface area contributed by atoms with Gasteiger partial charge in [-0.1, -0.05) is 41.7 Å². The van der Waals surface area contributed by atoms with Crippen LogP contribution in [-0.4, -0.2) is 66.0 Å². The third-order valence-electron chi connectivity index (χ3n) is 6.08. The SMILES string of the molecule is COCCN(C)C1(C(=O)Nc2cc(C(=O)Cc3nnc(-c4ccccc4)s3)ccc2OC(F)(F)F)CC1. The molecule has 0 unspecified atom stereocenters. The van der Waals surface area contributed by atoms with Gasteiger partial charge in [-0.25, -0.2) is 0 Å². The number of ether oxygens (including phenoxy) is 2. The highest BCUT2D eigenvalue weighted by atomic mass is 32.1. The minimum atomic E-state index is -4.97. The highest BCUT2D eigenvalue weighted by Gasteiger charge is 2.53. The number of benzene rings is 2. The van der Waals surface area contributed by atoms with Crippen molar-refractivity contribution in [1.82, 2.24) is 15.1 Å². The van der Waals surface area contributed by atoms with E-state index in [4.69, 9.17) is 4.74 Å². The first-order valence-corrected chi connectivity index (χ1v) is 12.3. The number of amides is 1. The first-order chi connectivity index (χ1) is 17.6. The summed E-state index contributed by atoms with van der Waals surface area (Å²) in [6.07, 6.45) is -3.97. The van der Waals surface area contributed by atoms with Gasteiger partial charge in [0.2, 0.25) is 5.91 Å². The lowest BCUT2D eigenvalue weighted by Crippen LogP contribution is -2.45. The van der Waals surface area contributed by atoms with Gasteiger partial charge in [0.05, 0.1) is 18.7 Å². The van der Waals surface area contributed by atoms with Crippen LogP contribution < -0.4 is 10.1 Å². The Balaban J connectivity index is 1.54. The van der Waals surface area contributed by atoms with Crippen molar-refractivity contribution in [2.45, 2.75) is 31.2 Å². The fourth-order valence-electron chi connectivity index (χ4n) is 3.86. The van der Waals surface area contributed by atoms with Crippen LogP contribution >= 0.6 is 11.3 Å². The van der Waals surface area contributed by atoms with E-state index in [2.05, 4.69) is 20.3 Å².